The standard InChI is InChI=1S/C10H14ClN3O4/c11-9-3-2-8(14(16)17)10(13-9)12-4-1-6-18-7-5-15/h2-3,15H,1,4-7H2,(H,12,13). The Balaban J connectivity index is 2.45. The third kappa shape index (κ3) is 4.82. The van der Waals surface area contributed by atoms with Gasteiger partial charge < -0.3 is 15.2 Å². The lowest BCUT2D eigenvalue weighted by Gasteiger charge is -2.06. The molecular weight excluding hydrogens is 262 g/mol. The van der Waals surface area contributed by atoms with Gasteiger partial charge in [0.25, 0.3) is 0 Å². The number of aliphatic hydroxyl groups is 1. The Bertz CT molecular complexity index is 403. The van der Waals surface area contributed by atoms with Gasteiger partial charge in [0.1, 0.15) is 5.15 Å². The van der Waals surface area contributed by atoms with Crippen LogP contribution in [0.5, 0.6) is 0 Å². The van der Waals surface area contributed by atoms with Gasteiger partial charge in [-0.3, -0.25) is 10.1 Å². The molecule has 0 bridgehead atoms. The first kappa shape index (κ1) is 14.6. The van der Waals surface area contributed by atoms with Gasteiger partial charge in [0.15, 0.2) is 0 Å². The predicted molar refractivity (Wildman–Crippen MR) is 66.9 cm³/mol. The zero-order chi connectivity index (χ0) is 13.4. The maximum absolute atomic E-state index is 10.7. The molecule has 1 heterocycles. The van der Waals surface area contributed by atoms with Gasteiger partial charge in [-0.2, -0.15) is 0 Å². The molecule has 100 valence electrons. The largest absolute Gasteiger partial charge is 0.394 e. The van der Waals surface area contributed by atoms with E-state index in [1.165, 1.54) is 12.1 Å². The van der Waals surface area contributed by atoms with Crippen molar-refractivity contribution >= 4 is 23.1 Å². The number of anilines is 1. The van der Waals surface area contributed by atoms with Crippen LogP contribution in [0.4, 0.5) is 11.5 Å². The van der Waals surface area contributed by atoms with Crippen LogP contribution in [0.2, 0.25) is 5.15 Å². The van der Waals surface area contributed by atoms with E-state index in [4.69, 9.17) is 21.4 Å². The molecule has 0 aliphatic heterocycles. The average Bonchev–Trinajstić information content (AvgIpc) is 2.33. The number of pyridine rings is 1. The van der Waals surface area contributed by atoms with Gasteiger partial charge in [-0.1, -0.05) is 11.6 Å². The Morgan fingerprint density at radius 1 is 1.50 bits per heavy atom. The summed E-state index contributed by atoms with van der Waals surface area (Å²) in [5.41, 5.74) is -0.115. The van der Waals surface area contributed by atoms with Crippen LogP contribution in [0.25, 0.3) is 0 Å². The molecule has 1 aromatic rings. The number of rotatable bonds is 8. The normalized spacial score (nSPS) is 10.3. The van der Waals surface area contributed by atoms with Gasteiger partial charge in [-0.25, -0.2) is 4.98 Å². The topological polar surface area (TPSA) is 97.5 Å². The molecule has 8 heteroatoms. The number of halogens is 1. The molecule has 1 aromatic heterocycles. The molecule has 7 nitrogen and oxygen atoms in total. The lowest BCUT2D eigenvalue weighted by molar-refractivity contribution is -0.384. The van der Waals surface area contributed by atoms with E-state index in [1.54, 1.807) is 0 Å². The molecule has 0 saturated carbocycles. The first-order valence-corrected chi connectivity index (χ1v) is 5.76. The highest BCUT2D eigenvalue weighted by molar-refractivity contribution is 6.29. The second-order valence-electron chi connectivity index (χ2n) is 3.38. The second kappa shape index (κ2) is 7.80. The van der Waals surface area contributed by atoms with Gasteiger partial charge in [-0.05, 0) is 12.5 Å². The van der Waals surface area contributed by atoms with Crippen LogP contribution in [0.1, 0.15) is 6.42 Å². The van der Waals surface area contributed by atoms with Crippen molar-refractivity contribution in [1.82, 2.24) is 4.98 Å². The van der Waals surface area contributed by atoms with Gasteiger partial charge >= 0.3 is 5.69 Å². The van der Waals surface area contributed by atoms with Crippen LogP contribution in [-0.4, -0.2) is 41.4 Å². The van der Waals surface area contributed by atoms with E-state index in [0.29, 0.717) is 19.6 Å². The van der Waals surface area contributed by atoms with Crippen molar-refractivity contribution in [3.05, 3.63) is 27.4 Å². The summed E-state index contributed by atoms with van der Waals surface area (Å²) >= 11 is 5.68. The molecule has 0 saturated heterocycles. The first-order valence-electron chi connectivity index (χ1n) is 5.38. The summed E-state index contributed by atoms with van der Waals surface area (Å²) in [4.78, 5) is 14.1. The van der Waals surface area contributed by atoms with E-state index in [2.05, 4.69) is 10.3 Å². The number of nitrogens with one attached hydrogen (secondary N) is 1. The van der Waals surface area contributed by atoms with Crippen molar-refractivity contribution < 1.29 is 14.8 Å². The van der Waals surface area contributed by atoms with E-state index in [0.717, 1.165) is 0 Å². The van der Waals surface area contributed by atoms with Crippen molar-refractivity contribution in [1.29, 1.82) is 0 Å². The van der Waals surface area contributed by atoms with Gasteiger partial charge in [0, 0.05) is 19.2 Å². The fourth-order valence-corrected chi connectivity index (χ4v) is 1.40. The van der Waals surface area contributed by atoms with E-state index in [1.807, 2.05) is 0 Å². The molecule has 0 spiro atoms. The summed E-state index contributed by atoms with van der Waals surface area (Å²) in [6.07, 6.45) is 0.644. The van der Waals surface area contributed by atoms with Crippen molar-refractivity contribution in [2.45, 2.75) is 6.42 Å². The third-order valence-electron chi connectivity index (χ3n) is 2.03. The van der Waals surface area contributed by atoms with Crippen LogP contribution in [0, 0.1) is 10.1 Å². The number of hydrogen-bond donors (Lipinski definition) is 2. The molecule has 0 radical (unpaired) electrons. The number of nitrogens with zero attached hydrogens (tertiary/aromatic N) is 2. The molecular formula is C10H14ClN3O4. The monoisotopic (exact) mass is 275 g/mol. The molecule has 0 fully saturated rings. The zero-order valence-electron chi connectivity index (χ0n) is 9.63. The number of ether oxygens (including phenoxy) is 1. The second-order valence-corrected chi connectivity index (χ2v) is 3.76. The SMILES string of the molecule is O=[N+]([O-])c1ccc(Cl)nc1NCCCOCCO. The predicted octanol–water partition coefficient (Wildman–Crippen LogP) is 1.45. The minimum absolute atomic E-state index is 0.0191. The highest BCUT2D eigenvalue weighted by Gasteiger charge is 2.14. The fraction of sp³-hybridized carbons (Fsp3) is 0.500. The van der Waals surface area contributed by atoms with Crippen LogP contribution in [-0.2, 0) is 4.74 Å². The smallest absolute Gasteiger partial charge is 0.311 e. The minimum atomic E-state index is -0.520. The van der Waals surface area contributed by atoms with Gasteiger partial charge in [0.05, 0.1) is 18.1 Å². The maximum atomic E-state index is 10.7. The van der Waals surface area contributed by atoms with Crippen LogP contribution in [0.15, 0.2) is 12.1 Å². The Morgan fingerprint density at radius 3 is 2.94 bits per heavy atom. The molecule has 18 heavy (non-hydrogen) atoms. The third-order valence-corrected chi connectivity index (χ3v) is 2.24. The first-order chi connectivity index (χ1) is 8.65. The minimum Gasteiger partial charge on any atom is -0.394 e. The Kier molecular flexibility index (Phi) is 6.34. The van der Waals surface area contributed by atoms with Crippen molar-refractivity contribution in [3.63, 3.8) is 0 Å². The molecule has 0 aliphatic carbocycles. The van der Waals surface area contributed by atoms with Crippen LogP contribution < -0.4 is 5.32 Å². The number of nitro groups is 1. The molecule has 0 aromatic carbocycles. The lowest BCUT2D eigenvalue weighted by atomic mass is 10.3. The molecule has 0 unspecified atom stereocenters. The fourth-order valence-electron chi connectivity index (χ4n) is 1.25. The van der Waals surface area contributed by atoms with E-state index < -0.39 is 4.92 Å². The molecule has 0 atom stereocenters. The summed E-state index contributed by atoms with van der Waals surface area (Å²) in [5.74, 6) is 0.148. The van der Waals surface area contributed by atoms with Crippen molar-refractivity contribution in [2.24, 2.45) is 0 Å². The van der Waals surface area contributed by atoms with Crippen molar-refractivity contribution in [2.75, 3.05) is 31.7 Å². The average molecular weight is 276 g/mol. The number of aliphatic hydroxyl groups excluding tert-OH is 1. The summed E-state index contributed by atoms with van der Waals surface area (Å²) in [7, 11) is 0. The quantitative estimate of drug-likeness (QED) is 0.323. The zero-order valence-corrected chi connectivity index (χ0v) is 10.4. The van der Waals surface area contributed by atoms with E-state index in [9.17, 15) is 10.1 Å². The summed E-state index contributed by atoms with van der Waals surface area (Å²) in [6, 6.07) is 2.68. The highest BCUT2D eigenvalue weighted by atomic mass is 35.5. The Hall–Kier alpha value is -1.44. The van der Waals surface area contributed by atoms with Crippen LogP contribution >= 0.6 is 11.6 Å². The summed E-state index contributed by atoms with van der Waals surface area (Å²) in [5, 5.41) is 22.3. The molecule has 1 rings (SSSR count). The van der Waals surface area contributed by atoms with E-state index in [-0.39, 0.29) is 29.9 Å². The Morgan fingerprint density at radius 2 is 2.28 bits per heavy atom. The Labute approximate surface area is 109 Å². The van der Waals surface area contributed by atoms with Crippen LogP contribution in [0.3, 0.4) is 0 Å². The van der Waals surface area contributed by atoms with Gasteiger partial charge in [0.2, 0.25) is 5.82 Å². The molecule has 0 amide bonds. The van der Waals surface area contributed by atoms with E-state index >= 15 is 0 Å². The van der Waals surface area contributed by atoms with Crippen molar-refractivity contribution in [3.8, 4) is 0 Å². The van der Waals surface area contributed by atoms with Gasteiger partial charge in [-0.15, -0.1) is 0 Å². The maximum Gasteiger partial charge on any atom is 0.311 e. The number of aromatic nitrogens is 1. The number of hydrogen-bond acceptors (Lipinski definition) is 6. The molecule has 2 N–H and O–H groups in total. The molecule has 0 aliphatic rings. The summed E-state index contributed by atoms with van der Waals surface area (Å²) in [6.45, 7) is 1.20. The highest BCUT2D eigenvalue weighted by Crippen LogP contribution is 2.23. The summed E-state index contributed by atoms with van der Waals surface area (Å²) < 4.78 is 5.05. The lowest BCUT2D eigenvalue weighted by Crippen LogP contribution is -2.10.